The van der Waals surface area contributed by atoms with E-state index in [4.69, 9.17) is 24.6 Å². The molecule has 1 unspecified atom stereocenters. The number of methoxy groups -OCH3 is 1. The van der Waals surface area contributed by atoms with Crippen molar-refractivity contribution < 1.29 is 19.3 Å². The van der Waals surface area contributed by atoms with Crippen LogP contribution in [-0.2, 0) is 6.54 Å². The molecule has 0 spiro atoms. The van der Waals surface area contributed by atoms with Gasteiger partial charge < -0.3 is 19.3 Å². The Balaban J connectivity index is 1.57. The molecule has 0 aromatic heterocycles. The van der Waals surface area contributed by atoms with Crippen molar-refractivity contribution in [2.75, 3.05) is 40.0 Å². The molecule has 0 amide bonds. The van der Waals surface area contributed by atoms with Crippen LogP contribution in [0.5, 0.6) is 17.2 Å². The molecule has 1 aliphatic heterocycles. The van der Waals surface area contributed by atoms with E-state index in [-0.39, 0.29) is 6.61 Å². The predicted octanol–water partition coefficient (Wildman–Crippen LogP) is 3.23. The molecule has 1 heterocycles. The van der Waals surface area contributed by atoms with Gasteiger partial charge in [-0.15, -0.1) is 0 Å². The first-order valence-corrected chi connectivity index (χ1v) is 9.98. The minimum absolute atomic E-state index is 0.0102. The zero-order valence-electron chi connectivity index (χ0n) is 16.8. The topological polar surface area (TPSA) is 75.0 Å². The summed E-state index contributed by atoms with van der Waals surface area (Å²) < 4.78 is 17.1. The largest absolute Gasteiger partial charge is 0.493 e. The van der Waals surface area contributed by atoms with Gasteiger partial charge in [0.2, 0.25) is 0 Å². The fraction of sp³-hybridized carbons (Fsp3) is 0.435. The first-order chi connectivity index (χ1) is 14.2. The number of nitriles is 1. The third kappa shape index (κ3) is 5.86. The Morgan fingerprint density at radius 1 is 1.14 bits per heavy atom. The molecule has 1 N–H and O–H groups in total. The molecule has 2 aromatic carbocycles. The van der Waals surface area contributed by atoms with E-state index < -0.39 is 0 Å². The summed E-state index contributed by atoms with van der Waals surface area (Å²) in [4.78, 5) is 2.43. The lowest BCUT2D eigenvalue weighted by atomic mass is 9.98. The Labute approximate surface area is 172 Å². The number of hydrogen-bond acceptors (Lipinski definition) is 6. The summed E-state index contributed by atoms with van der Waals surface area (Å²) in [5, 5.41) is 18.0. The second-order valence-electron chi connectivity index (χ2n) is 7.21. The lowest BCUT2D eigenvalue weighted by Crippen LogP contribution is -2.37. The van der Waals surface area contributed by atoms with Crippen LogP contribution in [0.4, 0.5) is 0 Å². The van der Waals surface area contributed by atoms with Crippen molar-refractivity contribution in [3.05, 3.63) is 53.6 Å². The van der Waals surface area contributed by atoms with Crippen LogP contribution < -0.4 is 14.2 Å². The number of likely N-dealkylation sites (tertiary alicyclic amines) is 1. The molecule has 1 aliphatic rings. The highest BCUT2D eigenvalue weighted by Crippen LogP contribution is 2.29. The number of para-hydroxylation sites is 1. The summed E-state index contributed by atoms with van der Waals surface area (Å²) in [6.45, 7) is 3.74. The molecule has 6 nitrogen and oxygen atoms in total. The Kier molecular flexibility index (Phi) is 7.74. The number of aliphatic hydroxyl groups excluding tert-OH is 1. The van der Waals surface area contributed by atoms with Crippen molar-refractivity contribution in [3.8, 4) is 23.3 Å². The third-order valence-electron chi connectivity index (χ3n) is 5.09. The van der Waals surface area contributed by atoms with Crippen LogP contribution in [0.25, 0.3) is 0 Å². The summed E-state index contributed by atoms with van der Waals surface area (Å²) >= 11 is 0. The maximum absolute atomic E-state index is 9.03. The van der Waals surface area contributed by atoms with E-state index in [9.17, 15) is 0 Å². The second-order valence-corrected chi connectivity index (χ2v) is 7.21. The number of piperidine rings is 1. The highest BCUT2D eigenvalue weighted by molar-refractivity contribution is 5.46. The van der Waals surface area contributed by atoms with Crippen molar-refractivity contribution in [2.45, 2.75) is 19.4 Å². The fourth-order valence-electron chi connectivity index (χ4n) is 3.67. The van der Waals surface area contributed by atoms with Crippen molar-refractivity contribution in [1.82, 2.24) is 4.90 Å². The van der Waals surface area contributed by atoms with Gasteiger partial charge in [-0.05, 0) is 37.6 Å². The van der Waals surface area contributed by atoms with E-state index in [1.807, 2.05) is 18.2 Å². The maximum Gasteiger partial charge on any atom is 0.162 e. The molecule has 0 saturated carbocycles. The lowest BCUT2D eigenvalue weighted by molar-refractivity contribution is 0.122. The molecular weight excluding hydrogens is 368 g/mol. The normalized spacial score (nSPS) is 16.8. The average Bonchev–Trinajstić information content (AvgIpc) is 2.77. The van der Waals surface area contributed by atoms with Gasteiger partial charge in [0.15, 0.2) is 11.5 Å². The lowest BCUT2D eigenvalue weighted by Gasteiger charge is -2.33. The maximum atomic E-state index is 9.03. The van der Waals surface area contributed by atoms with Gasteiger partial charge in [0.1, 0.15) is 12.4 Å². The second kappa shape index (κ2) is 10.7. The number of nitrogens with zero attached hydrogens (tertiary/aromatic N) is 2. The van der Waals surface area contributed by atoms with E-state index in [0.29, 0.717) is 36.2 Å². The number of aliphatic hydroxyl groups is 1. The van der Waals surface area contributed by atoms with Crippen molar-refractivity contribution in [2.24, 2.45) is 5.92 Å². The van der Waals surface area contributed by atoms with Gasteiger partial charge in [0.05, 0.1) is 32.0 Å². The summed E-state index contributed by atoms with van der Waals surface area (Å²) in [5.74, 6) is 2.52. The van der Waals surface area contributed by atoms with E-state index in [0.717, 1.165) is 43.8 Å². The van der Waals surface area contributed by atoms with E-state index in [1.54, 1.807) is 25.3 Å². The number of ether oxygens (including phenoxy) is 3. The number of rotatable bonds is 9. The van der Waals surface area contributed by atoms with E-state index >= 15 is 0 Å². The summed E-state index contributed by atoms with van der Waals surface area (Å²) in [5.41, 5.74) is 1.69. The first-order valence-electron chi connectivity index (χ1n) is 9.98. The van der Waals surface area contributed by atoms with Crippen molar-refractivity contribution >= 4 is 0 Å². The van der Waals surface area contributed by atoms with Gasteiger partial charge in [-0.3, -0.25) is 4.90 Å². The molecule has 2 aromatic rings. The zero-order valence-corrected chi connectivity index (χ0v) is 16.8. The van der Waals surface area contributed by atoms with Crippen molar-refractivity contribution in [3.63, 3.8) is 0 Å². The summed E-state index contributed by atoms with van der Waals surface area (Å²) in [7, 11) is 1.59. The van der Waals surface area contributed by atoms with Crippen molar-refractivity contribution in [1.29, 1.82) is 5.26 Å². The predicted molar refractivity (Wildman–Crippen MR) is 110 cm³/mol. The van der Waals surface area contributed by atoms with Gasteiger partial charge in [0.25, 0.3) is 0 Å². The van der Waals surface area contributed by atoms with Gasteiger partial charge in [-0.25, -0.2) is 0 Å². The Morgan fingerprint density at radius 2 is 2.00 bits per heavy atom. The molecule has 3 rings (SSSR count). The molecule has 1 atom stereocenters. The quantitative estimate of drug-likeness (QED) is 0.701. The van der Waals surface area contributed by atoms with E-state index in [2.05, 4.69) is 17.0 Å². The zero-order chi connectivity index (χ0) is 20.5. The molecule has 0 radical (unpaired) electrons. The average molecular weight is 396 g/mol. The van der Waals surface area contributed by atoms with Crippen LogP contribution >= 0.6 is 0 Å². The summed E-state index contributed by atoms with van der Waals surface area (Å²) in [6.07, 6.45) is 2.25. The standard InChI is InChI=1S/C23H28N2O4/c1-27-23-13-18(14-24)8-9-22(23)29-17-19-5-4-10-25(15-19)16-20-6-2-3-7-21(20)28-12-11-26/h2-3,6-9,13,19,26H,4-5,10-12,15-17H2,1H3. The number of hydrogen-bond donors (Lipinski definition) is 1. The van der Waals surface area contributed by atoms with Gasteiger partial charge >= 0.3 is 0 Å². The SMILES string of the molecule is COc1cc(C#N)ccc1OCC1CCCN(Cc2ccccc2OCCO)C1. The van der Waals surface area contributed by atoms with Crippen LogP contribution in [0.15, 0.2) is 42.5 Å². The molecule has 1 fully saturated rings. The van der Waals surface area contributed by atoms with Crippen LogP contribution in [0.1, 0.15) is 24.0 Å². The molecule has 1 saturated heterocycles. The monoisotopic (exact) mass is 396 g/mol. The third-order valence-corrected chi connectivity index (χ3v) is 5.09. The van der Waals surface area contributed by atoms with Crippen LogP contribution in [0, 0.1) is 17.2 Å². The smallest absolute Gasteiger partial charge is 0.162 e. The minimum atomic E-state index is 0.0102. The minimum Gasteiger partial charge on any atom is -0.493 e. The number of benzene rings is 2. The highest BCUT2D eigenvalue weighted by Gasteiger charge is 2.22. The first kappa shape index (κ1) is 21.0. The molecular formula is C23H28N2O4. The van der Waals surface area contributed by atoms with E-state index in [1.165, 1.54) is 0 Å². The summed E-state index contributed by atoms with van der Waals surface area (Å²) in [6, 6.07) is 15.4. The molecule has 29 heavy (non-hydrogen) atoms. The van der Waals surface area contributed by atoms with Crippen LogP contribution in [0.2, 0.25) is 0 Å². The molecule has 154 valence electrons. The molecule has 6 heteroatoms. The molecule has 0 aliphatic carbocycles. The van der Waals surface area contributed by atoms with Crippen LogP contribution in [-0.4, -0.2) is 50.0 Å². The highest BCUT2D eigenvalue weighted by atomic mass is 16.5. The van der Waals surface area contributed by atoms with Gasteiger partial charge in [-0.1, -0.05) is 18.2 Å². The Bertz CT molecular complexity index is 834. The van der Waals surface area contributed by atoms with Crippen LogP contribution in [0.3, 0.4) is 0 Å². The Hall–Kier alpha value is -2.75. The fourth-order valence-corrected chi connectivity index (χ4v) is 3.67. The van der Waals surface area contributed by atoms with Gasteiger partial charge in [0, 0.05) is 30.6 Å². The van der Waals surface area contributed by atoms with Gasteiger partial charge in [-0.2, -0.15) is 5.26 Å². The molecule has 0 bridgehead atoms. The Morgan fingerprint density at radius 3 is 2.79 bits per heavy atom.